The minimum absolute atomic E-state index is 0.132. The maximum Gasteiger partial charge on any atom is 0.433 e. The lowest BCUT2D eigenvalue weighted by atomic mass is 10.1. The number of benzene rings is 1. The van der Waals surface area contributed by atoms with Crippen LogP contribution in [0.15, 0.2) is 42.5 Å². The van der Waals surface area contributed by atoms with Crippen molar-refractivity contribution in [3.8, 4) is 5.88 Å². The van der Waals surface area contributed by atoms with Crippen LogP contribution in [-0.2, 0) is 17.4 Å². The van der Waals surface area contributed by atoms with E-state index in [9.17, 15) is 28.1 Å². The topological polar surface area (TPSA) is 85.6 Å². The second-order valence-corrected chi connectivity index (χ2v) is 5.96. The number of hydrogen-bond acceptors (Lipinski definition) is 5. The molecule has 1 aromatic heterocycles. The van der Waals surface area contributed by atoms with E-state index in [-0.39, 0.29) is 37.0 Å². The second kappa shape index (κ2) is 7.22. The lowest BCUT2D eigenvalue weighted by molar-refractivity contribution is -0.385. The molecule has 10 heteroatoms. The van der Waals surface area contributed by atoms with Gasteiger partial charge in [0.2, 0.25) is 11.8 Å². The molecule has 2 aromatic rings. The van der Waals surface area contributed by atoms with Crippen LogP contribution in [0.25, 0.3) is 0 Å². The van der Waals surface area contributed by atoms with E-state index in [1.165, 1.54) is 35.2 Å². The Kier molecular flexibility index (Phi) is 4.98. The van der Waals surface area contributed by atoms with Crippen molar-refractivity contribution in [1.82, 2.24) is 9.88 Å². The molecule has 0 radical (unpaired) electrons. The number of nitrogens with zero attached hydrogens (tertiary/aromatic N) is 3. The van der Waals surface area contributed by atoms with Crippen molar-refractivity contribution in [1.29, 1.82) is 0 Å². The number of hydrogen-bond donors (Lipinski definition) is 0. The van der Waals surface area contributed by atoms with Gasteiger partial charge in [0.15, 0.2) is 0 Å². The number of likely N-dealkylation sites (tertiary alicyclic amines) is 1. The Morgan fingerprint density at radius 1 is 1.22 bits per heavy atom. The van der Waals surface area contributed by atoms with Gasteiger partial charge in [0.25, 0.3) is 5.69 Å². The van der Waals surface area contributed by atoms with E-state index in [2.05, 4.69) is 4.98 Å². The third-order valence-electron chi connectivity index (χ3n) is 4.03. The molecule has 1 aliphatic rings. The van der Waals surface area contributed by atoms with Crippen LogP contribution < -0.4 is 4.74 Å². The summed E-state index contributed by atoms with van der Waals surface area (Å²) in [5, 5.41) is 11.0. The number of nitro groups is 1. The Hall–Kier alpha value is -3.17. The van der Waals surface area contributed by atoms with Gasteiger partial charge < -0.3 is 9.64 Å². The van der Waals surface area contributed by atoms with Gasteiger partial charge in [-0.1, -0.05) is 24.3 Å². The van der Waals surface area contributed by atoms with Gasteiger partial charge in [-0.05, 0) is 6.07 Å². The second-order valence-electron chi connectivity index (χ2n) is 5.96. The van der Waals surface area contributed by atoms with Gasteiger partial charge in [0, 0.05) is 17.7 Å². The average molecular weight is 381 g/mol. The largest absolute Gasteiger partial charge is 0.471 e. The third-order valence-corrected chi connectivity index (χ3v) is 4.03. The Labute approximate surface area is 151 Å². The number of rotatable bonds is 5. The summed E-state index contributed by atoms with van der Waals surface area (Å²) in [6, 6.07) is 9.31. The molecular formula is C17H14F3N3O4. The molecule has 1 saturated heterocycles. The quantitative estimate of drug-likeness (QED) is 0.587. The maximum atomic E-state index is 12.6. The summed E-state index contributed by atoms with van der Waals surface area (Å²) >= 11 is 0. The van der Waals surface area contributed by atoms with Crippen molar-refractivity contribution < 1.29 is 27.6 Å². The van der Waals surface area contributed by atoms with Crippen LogP contribution in [0.1, 0.15) is 11.3 Å². The first kappa shape index (κ1) is 18.6. The van der Waals surface area contributed by atoms with Crippen LogP contribution in [0.4, 0.5) is 18.9 Å². The third kappa shape index (κ3) is 4.33. The molecule has 1 fully saturated rings. The molecule has 0 aliphatic carbocycles. The number of carbonyl (C=O) groups excluding carboxylic acids is 1. The fraction of sp³-hybridized carbons (Fsp3) is 0.294. The summed E-state index contributed by atoms with van der Waals surface area (Å²) in [6.07, 6.45) is -5.17. The van der Waals surface area contributed by atoms with Gasteiger partial charge >= 0.3 is 6.18 Å². The van der Waals surface area contributed by atoms with Crippen molar-refractivity contribution in [3.05, 3.63) is 63.8 Å². The number of carbonyl (C=O) groups is 1. The highest BCUT2D eigenvalue weighted by atomic mass is 19.4. The Bertz CT molecular complexity index is 866. The molecule has 1 amide bonds. The highest BCUT2D eigenvalue weighted by molar-refractivity contribution is 5.80. The number of para-hydroxylation sites is 1. The number of aromatic nitrogens is 1. The smallest absolute Gasteiger partial charge is 0.433 e. The molecule has 0 unspecified atom stereocenters. The molecule has 142 valence electrons. The van der Waals surface area contributed by atoms with Crippen LogP contribution in [0, 0.1) is 10.1 Å². The minimum atomic E-state index is -4.56. The maximum absolute atomic E-state index is 12.6. The Morgan fingerprint density at radius 3 is 2.59 bits per heavy atom. The lowest BCUT2D eigenvalue weighted by Crippen LogP contribution is -2.56. The standard InChI is InChI=1S/C17H14F3N3O4/c18-17(19,20)14-6-3-7-15(21-14)27-12-9-22(10-12)16(24)8-11-4-1-2-5-13(11)23(25)26/h1-7,12H,8-10H2. The van der Waals surface area contributed by atoms with Crippen LogP contribution >= 0.6 is 0 Å². The number of alkyl halides is 3. The summed E-state index contributed by atoms with van der Waals surface area (Å²) in [5.74, 6) is -0.484. The van der Waals surface area contributed by atoms with Crippen LogP contribution in [0.2, 0.25) is 0 Å². The molecule has 27 heavy (non-hydrogen) atoms. The van der Waals surface area contributed by atoms with Crippen molar-refractivity contribution in [2.24, 2.45) is 0 Å². The molecule has 0 spiro atoms. The van der Waals surface area contributed by atoms with Crippen molar-refractivity contribution >= 4 is 11.6 Å². The number of halogens is 3. The van der Waals surface area contributed by atoms with Gasteiger partial charge in [-0.2, -0.15) is 13.2 Å². The normalized spacial score (nSPS) is 14.6. The lowest BCUT2D eigenvalue weighted by Gasteiger charge is -2.38. The minimum Gasteiger partial charge on any atom is -0.471 e. The zero-order valence-corrected chi connectivity index (χ0v) is 13.8. The van der Waals surface area contributed by atoms with Gasteiger partial charge in [0.05, 0.1) is 24.4 Å². The van der Waals surface area contributed by atoms with Crippen LogP contribution in [0.3, 0.4) is 0 Å². The fourth-order valence-electron chi connectivity index (χ4n) is 2.64. The number of ether oxygens (including phenoxy) is 1. The number of nitro benzene ring substituents is 1. The molecule has 3 rings (SSSR count). The van der Waals surface area contributed by atoms with Gasteiger partial charge in [-0.15, -0.1) is 0 Å². The first-order chi connectivity index (χ1) is 12.7. The molecule has 1 aromatic carbocycles. The van der Waals surface area contributed by atoms with Gasteiger partial charge in [0.1, 0.15) is 11.8 Å². The highest BCUT2D eigenvalue weighted by Gasteiger charge is 2.35. The van der Waals surface area contributed by atoms with Crippen molar-refractivity contribution in [3.63, 3.8) is 0 Å². The van der Waals surface area contributed by atoms with E-state index in [4.69, 9.17) is 4.74 Å². The Balaban J connectivity index is 1.56. The van der Waals surface area contributed by atoms with E-state index in [0.717, 1.165) is 6.07 Å². The molecule has 0 N–H and O–H groups in total. The summed E-state index contributed by atoms with van der Waals surface area (Å²) in [5.41, 5.74) is -0.882. The average Bonchev–Trinajstić information content (AvgIpc) is 2.57. The molecule has 1 aliphatic heterocycles. The summed E-state index contributed by atoms with van der Waals surface area (Å²) < 4.78 is 43.3. The first-order valence-corrected chi connectivity index (χ1v) is 7.95. The predicted octanol–water partition coefficient (Wildman–Crippen LogP) is 2.84. The van der Waals surface area contributed by atoms with E-state index < -0.39 is 22.9 Å². The number of pyridine rings is 1. The molecule has 2 heterocycles. The molecule has 7 nitrogen and oxygen atoms in total. The van der Waals surface area contributed by atoms with E-state index in [1.807, 2.05) is 0 Å². The van der Waals surface area contributed by atoms with Gasteiger partial charge in [-0.25, -0.2) is 4.98 Å². The Morgan fingerprint density at radius 2 is 1.93 bits per heavy atom. The molecule has 0 atom stereocenters. The van der Waals surface area contributed by atoms with Crippen LogP contribution in [-0.4, -0.2) is 39.9 Å². The van der Waals surface area contributed by atoms with E-state index in [1.54, 1.807) is 6.07 Å². The molecule has 0 saturated carbocycles. The highest BCUT2D eigenvalue weighted by Crippen LogP contribution is 2.29. The summed E-state index contributed by atoms with van der Waals surface area (Å²) in [6.45, 7) is 0.356. The molecule has 0 bridgehead atoms. The predicted molar refractivity (Wildman–Crippen MR) is 87.0 cm³/mol. The molecular weight excluding hydrogens is 367 g/mol. The van der Waals surface area contributed by atoms with Gasteiger partial charge in [-0.3, -0.25) is 14.9 Å². The van der Waals surface area contributed by atoms with Crippen LogP contribution in [0.5, 0.6) is 5.88 Å². The zero-order chi connectivity index (χ0) is 19.6. The monoisotopic (exact) mass is 381 g/mol. The summed E-state index contributed by atoms with van der Waals surface area (Å²) in [4.78, 5) is 27.5. The number of amides is 1. The van der Waals surface area contributed by atoms with E-state index in [0.29, 0.717) is 5.56 Å². The van der Waals surface area contributed by atoms with Crippen molar-refractivity contribution in [2.75, 3.05) is 13.1 Å². The van der Waals surface area contributed by atoms with E-state index >= 15 is 0 Å². The first-order valence-electron chi connectivity index (χ1n) is 7.95. The fourth-order valence-corrected chi connectivity index (χ4v) is 2.64. The van der Waals surface area contributed by atoms with Crippen molar-refractivity contribution in [2.45, 2.75) is 18.7 Å². The summed E-state index contributed by atoms with van der Waals surface area (Å²) in [7, 11) is 0. The zero-order valence-electron chi connectivity index (χ0n) is 13.8. The SMILES string of the molecule is O=C(Cc1ccccc1[N+](=O)[O-])N1CC(Oc2cccc(C(F)(F)F)n2)C1.